The molecule has 74 valence electrons. The van der Waals surface area contributed by atoms with E-state index in [2.05, 4.69) is 17.0 Å². The molecule has 0 aliphatic carbocycles. The minimum atomic E-state index is 0.816. The first-order chi connectivity index (χ1) is 6.77. The van der Waals surface area contributed by atoms with Crippen molar-refractivity contribution < 1.29 is 0 Å². The number of nitrogens with two attached hydrogens (primary N) is 1. The Hall–Kier alpha value is -1.36. The lowest BCUT2D eigenvalue weighted by Crippen LogP contribution is -2.25. The summed E-state index contributed by atoms with van der Waals surface area (Å²) in [7, 11) is 0. The molecule has 5 heteroatoms. The van der Waals surface area contributed by atoms with Crippen molar-refractivity contribution in [1.82, 2.24) is 9.55 Å². The van der Waals surface area contributed by atoms with E-state index in [0.29, 0.717) is 0 Å². The molecule has 0 radical (unpaired) electrons. The van der Waals surface area contributed by atoms with E-state index in [9.17, 15) is 0 Å². The third-order valence-electron chi connectivity index (χ3n) is 2.23. The number of aryl methyl sites for hydroxylation is 1. The standard InChI is InChI=1S/C9H12N4S/c1-3-13-6(2)11-9-7(4-5-14-9)8(13)12-10/h4-5H,3,10H2,1-2H3/b12-8-. The quantitative estimate of drug-likeness (QED) is 0.565. The molecule has 14 heavy (non-hydrogen) atoms. The third kappa shape index (κ3) is 1.21. The number of fused-ring (bicyclic) bond motifs is 1. The van der Waals surface area contributed by atoms with Crippen LogP contribution in [0, 0.1) is 6.92 Å². The molecule has 2 aromatic heterocycles. The van der Waals surface area contributed by atoms with Crippen LogP contribution in [0.3, 0.4) is 0 Å². The molecule has 2 aromatic rings. The van der Waals surface area contributed by atoms with Crippen LogP contribution in [-0.4, -0.2) is 9.55 Å². The highest BCUT2D eigenvalue weighted by molar-refractivity contribution is 7.16. The van der Waals surface area contributed by atoms with Crippen molar-refractivity contribution in [1.29, 1.82) is 0 Å². The van der Waals surface area contributed by atoms with Crippen LogP contribution in [0.15, 0.2) is 16.5 Å². The van der Waals surface area contributed by atoms with E-state index in [1.807, 2.05) is 22.9 Å². The first kappa shape index (κ1) is 9.21. The van der Waals surface area contributed by atoms with Crippen LogP contribution in [0.1, 0.15) is 12.7 Å². The van der Waals surface area contributed by atoms with Crippen LogP contribution in [0.2, 0.25) is 0 Å². The number of aromatic nitrogens is 2. The molecule has 0 bridgehead atoms. The van der Waals surface area contributed by atoms with E-state index in [1.165, 1.54) is 0 Å². The van der Waals surface area contributed by atoms with Gasteiger partial charge >= 0.3 is 0 Å². The predicted octanol–water partition coefficient (Wildman–Crippen LogP) is 1.20. The van der Waals surface area contributed by atoms with Crippen molar-refractivity contribution in [3.05, 3.63) is 22.8 Å². The Balaban J connectivity index is 2.97. The van der Waals surface area contributed by atoms with Crippen LogP contribution in [0.5, 0.6) is 0 Å². The summed E-state index contributed by atoms with van der Waals surface area (Å²) in [6.45, 7) is 4.86. The average molecular weight is 208 g/mol. The molecule has 0 spiro atoms. The number of hydrogen-bond acceptors (Lipinski definition) is 4. The average Bonchev–Trinajstić information content (AvgIpc) is 2.62. The Morgan fingerprint density at radius 3 is 3.07 bits per heavy atom. The van der Waals surface area contributed by atoms with E-state index in [4.69, 9.17) is 5.84 Å². The van der Waals surface area contributed by atoms with Gasteiger partial charge < -0.3 is 10.4 Å². The molecule has 2 rings (SSSR count). The zero-order valence-corrected chi connectivity index (χ0v) is 9.01. The smallest absolute Gasteiger partial charge is 0.163 e. The number of nitrogens with zero attached hydrogens (tertiary/aromatic N) is 3. The van der Waals surface area contributed by atoms with Crippen LogP contribution in [0.25, 0.3) is 10.2 Å². The molecule has 0 saturated heterocycles. The van der Waals surface area contributed by atoms with Gasteiger partial charge in [0.1, 0.15) is 10.7 Å². The summed E-state index contributed by atoms with van der Waals surface area (Å²) in [5.74, 6) is 6.35. The van der Waals surface area contributed by atoms with Crippen LogP contribution < -0.4 is 11.3 Å². The van der Waals surface area contributed by atoms with E-state index in [0.717, 1.165) is 28.1 Å². The maximum absolute atomic E-state index is 5.40. The van der Waals surface area contributed by atoms with Crippen molar-refractivity contribution in [2.24, 2.45) is 10.9 Å². The second kappa shape index (κ2) is 3.42. The lowest BCUT2D eigenvalue weighted by Gasteiger charge is -2.07. The minimum Gasteiger partial charge on any atom is -0.321 e. The molecule has 2 heterocycles. The van der Waals surface area contributed by atoms with Crippen molar-refractivity contribution in [3.63, 3.8) is 0 Å². The van der Waals surface area contributed by atoms with Gasteiger partial charge in [-0.25, -0.2) is 4.98 Å². The van der Waals surface area contributed by atoms with E-state index >= 15 is 0 Å². The maximum Gasteiger partial charge on any atom is 0.163 e. The summed E-state index contributed by atoms with van der Waals surface area (Å²) in [6, 6.07) is 2.00. The van der Waals surface area contributed by atoms with Gasteiger partial charge in [0, 0.05) is 6.54 Å². The SMILES string of the molecule is CCn1c(C)nc2sccc2/c1=N/N. The highest BCUT2D eigenvalue weighted by Crippen LogP contribution is 2.14. The number of rotatable bonds is 1. The first-order valence-electron chi connectivity index (χ1n) is 4.46. The monoisotopic (exact) mass is 208 g/mol. The summed E-state index contributed by atoms with van der Waals surface area (Å²) in [6.07, 6.45) is 0. The third-order valence-corrected chi connectivity index (χ3v) is 3.04. The second-order valence-electron chi connectivity index (χ2n) is 3.00. The van der Waals surface area contributed by atoms with Gasteiger partial charge in [-0.2, -0.15) is 5.10 Å². The second-order valence-corrected chi connectivity index (χ2v) is 3.89. The number of hydrogen-bond donors (Lipinski definition) is 1. The summed E-state index contributed by atoms with van der Waals surface area (Å²) >= 11 is 1.61. The Labute approximate surface area is 85.7 Å². The number of thiophene rings is 1. The van der Waals surface area contributed by atoms with Crippen molar-refractivity contribution in [2.45, 2.75) is 20.4 Å². The minimum absolute atomic E-state index is 0.816. The summed E-state index contributed by atoms with van der Waals surface area (Å²) in [4.78, 5) is 5.48. The van der Waals surface area contributed by atoms with Gasteiger partial charge in [-0.1, -0.05) is 0 Å². The molecule has 0 amide bonds. The molecule has 0 aromatic carbocycles. The summed E-state index contributed by atoms with van der Waals surface area (Å²) in [5, 5.41) is 6.87. The van der Waals surface area contributed by atoms with Crippen LogP contribution in [-0.2, 0) is 6.54 Å². The fourth-order valence-electron chi connectivity index (χ4n) is 1.58. The highest BCUT2D eigenvalue weighted by Gasteiger charge is 2.05. The Bertz CT molecular complexity index is 523. The van der Waals surface area contributed by atoms with Gasteiger partial charge in [-0.05, 0) is 25.3 Å². The Morgan fingerprint density at radius 1 is 1.64 bits per heavy atom. The molecule has 2 N–H and O–H groups in total. The Kier molecular flexibility index (Phi) is 2.25. The largest absolute Gasteiger partial charge is 0.321 e. The Morgan fingerprint density at radius 2 is 2.43 bits per heavy atom. The fourth-order valence-corrected chi connectivity index (χ4v) is 2.39. The molecule has 4 nitrogen and oxygen atoms in total. The molecule has 0 aliphatic heterocycles. The van der Waals surface area contributed by atoms with Crippen molar-refractivity contribution in [3.8, 4) is 0 Å². The highest BCUT2D eigenvalue weighted by atomic mass is 32.1. The van der Waals surface area contributed by atoms with Gasteiger partial charge in [0.15, 0.2) is 5.49 Å². The van der Waals surface area contributed by atoms with Crippen LogP contribution >= 0.6 is 11.3 Å². The van der Waals surface area contributed by atoms with E-state index in [-0.39, 0.29) is 0 Å². The molecule has 0 aliphatic rings. The van der Waals surface area contributed by atoms with E-state index < -0.39 is 0 Å². The molecular formula is C9H12N4S. The van der Waals surface area contributed by atoms with Gasteiger partial charge in [0.25, 0.3) is 0 Å². The van der Waals surface area contributed by atoms with Gasteiger partial charge in [0.2, 0.25) is 0 Å². The summed E-state index contributed by atoms with van der Waals surface area (Å²) < 4.78 is 2.01. The van der Waals surface area contributed by atoms with Crippen molar-refractivity contribution in [2.75, 3.05) is 0 Å². The molecule has 0 fully saturated rings. The molecular weight excluding hydrogens is 196 g/mol. The zero-order valence-electron chi connectivity index (χ0n) is 8.19. The molecule has 0 atom stereocenters. The normalized spacial score (nSPS) is 12.6. The lowest BCUT2D eigenvalue weighted by atomic mass is 10.4. The topological polar surface area (TPSA) is 56.2 Å². The van der Waals surface area contributed by atoms with Crippen molar-refractivity contribution >= 4 is 21.6 Å². The lowest BCUT2D eigenvalue weighted by molar-refractivity contribution is 0.668. The van der Waals surface area contributed by atoms with Gasteiger partial charge in [0.05, 0.1) is 5.39 Å². The first-order valence-corrected chi connectivity index (χ1v) is 5.34. The summed E-state index contributed by atoms with van der Waals surface area (Å²) in [5.41, 5.74) is 0.816. The van der Waals surface area contributed by atoms with Gasteiger partial charge in [-0.3, -0.25) is 0 Å². The molecule has 0 unspecified atom stereocenters. The maximum atomic E-state index is 5.40. The fraction of sp³-hybridized carbons (Fsp3) is 0.333. The van der Waals surface area contributed by atoms with Crippen LogP contribution in [0.4, 0.5) is 0 Å². The zero-order chi connectivity index (χ0) is 10.1. The molecule has 0 saturated carbocycles. The van der Waals surface area contributed by atoms with Gasteiger partial charge in [-0.15, -0.1) is 11.3 Å². The predicted molar refractivity (Wildman–Crippen MR) is 57.8 cm³/mol. The van der Waals surface area contributed by atoms with E-state index in [1.54, 1.807) is 11.3 Å².